The fraction of sp³-hybridized carbons (Fsp3) is 0.150. The molecule has 0 saturated carbocycles. The molecule has 0 radical (unpaired) electrons. The van der Waals surface area contributed by atoms with E-state index in [4.69, 9.17) is 11.6 Å². The Labute approximate surface area is 170 Å². The van der Waals surface area contributed by atoms with Gasteiger partial charge in [0.05, 0.1) is 5.25 Å². The monoisotopic (exact) mass is 415 g/mol. The highest BCUT2D eigenvalue weighted by molar-refractivity contribution is 8.05. The van der Waals surface area contributed by atoms with Gasteiger partial charge in [-0.05, 0) is 42.3 Å². The van der Waals surface area contributed by atoms with Crippen molar-refractivity contribution in [3.05, 3.63) is 75.5 Å². The molecule has 1 fully saturated rings. The zero-order chi connectivity index (χ0) is 20.3. The number of rotatable bonds is 4. The predicted molar refractivity (Wildman–Crippen MR) is 107 cm³/mol. The molecule has 2 amide bonds. The van der Waals surface area contributed by atoms with Gasteiger partial charge in [0.15, 0.2) is 0 Å². The van der Waals surface area contributed by atoms with Crippen LogP contribution < -0.4 is 10.2 Å². The predicted octanol–water partition coefficient (Wildman–Crippen LogP) is 3.65. The van der Waals surface area contributed by atoms with Gasteiger partial charge < -0.3 is 5.32 Å². The SMILES string of the molecule is CNC(=O)/C(C#N)=C1\S[C@@H](Cc2ccccc2Cl)C(=O)N1c1ccc(F)cc1. The standard InChI is InChI=1S/C20H15ClFN3O2S/c1-24-18(26)15(11-23)20-25(14-8-6-13(22)7-9-14)19(27)17(28-20)10-12-4-2-3-5-16(12)21/h2-9,17H,10H2,1H3,(H,24,26)/b20-15-/t17-/m0/s1. The molecule has 1 aliphatic rings. The minimum atomic E-state index is -0.594. The van der Waals surface area contributed by atoms with Crippen molar-refractivity contribution in [3.8, 4) is 6.07 Å². The number of halogens is 2. The number of benzene rings is 2. The molecule has 3 rings (SSSR count). The summed E-state index contributed by atoms with van der Waals surface area (Å²) in [6.45, 7) is 0. The maximum Gasteiger partial charge on any atom is 0.264 e. The Morgan fingerprint density at radius 1 is 1.29 bits per heavy atom. The second-order valence-corrected chi connectivity index (χ2v) is 7.52. The fourth-order valence-electron chi connectivity index (χ4n) is 2.80. The smallest absolute Gasteiger partial charge is 0.264 e. The molecule has 1 atom stereocenters. The Hall–Kier alpha value is -2.82. The number of anilines is 1. The summed E-state index contributed by atoms with van der Waals surface area (Å²) < 4.78 is 13.3. The number of amides is 2. The van der Waals surface area contributed by atoms with E-state index in [0.29, 0.717) is 17.1 Å². The maximum atomic E-state index is 13.3. The van der Waals surface area contributed by atoms with Crippen LogP contribution in [0.1, 0.15) is 5.56 Å². The molecule has 2 aromatic rings. The Bertz CT molecular complexity index is 1000. The number of hydrogen-bond donors (Lipinski definition) is 1. The van der Waals surface area contributed by atoms with Crippen LogP contribution in [0.25, 0.3) is 0 Å². The lowest BCUT2D eigenvalue weighted by Crippen LogP contribution is -2.31. The molecule has 1 aliphatic heterocycles. The summed E-state index contributed by atoms with van der Waals surface area (Å²) in [6, 6.07) is 14.4. The first-order valence-corrected chi connectivity index (χ1v) is 9.58. The highest BCUT2D eigenvalue weighted by Gasteiger charge is 2.40. The second-order valence-electron chi connectivity index (χ2n) is 5.92. The number of thioether (sulfide) groups is 1. The molecule has 0 unspecified atom stereocenters. The number of carbonyl (C=O) groups is 2. The lowest BCUT2D eigenvalue weighted by molar-refractivity contribution is -0.117. The minimum absolute atomic E-state index is 0.174. The van der Waals surface area contributed by atoms with Crippen molar-refractivity contribution in [1.29, 1.82) is 5.26 Å². The van der Waals surface area contributed by atoms with Crippen LogP contribution in [0.2, 0.25) is 5.02 Å². The second kappa shape index (κ2) is 8.46. The normalized spacial score (nSPS) is 18.0. The highest BCUT2D eigenvalue weighted by Crippen LogP contribution is 2.42. The molecule has 0 spiro atoms. The lowest BCUT2D eigenvalue weighted by atomic mass is 10.1. The third-order valence-corrected chi connectivity index (χ3v) is 5.81. The van der Waals surface area contributed by atoms with E-state index in [1.165, 1.54) is 36.2 Å². The number of nitrogens with zero attached hydrogens (tertiary/aromatic N) is 2. The van der Waals surface area contributed by atoms with E-state index in [9.17, 15) is 19.2 Å². The lowest BCUT2D eigenvalue weighted by Gasteiger charge is -2.18. The molecule has 1 heterocycles. The quantitative estimate of drug-likeness (QED) is 0.611. The van der Waals surface area contributed by atoms with Crippen LogP contribution in [0.4, 0.5) is 10.1 Å². The van der Waals surface area contributed by atoms with E-state index in [1.807, 2.05) is 18.2 Å². The third kappa shape index (κ3) is 3.88. The van der Waals surface area contributed by atoms with Gasteiger partial charge in [0.25, 0.3) is 5.91 Å². The Morgan fingerprint density at radius 2 is 1.96 bits per heavy atom. The molecule has 1 saturated heterocycles. The first-order chi connectivity index (χ1) is 13.5. The van der Waals surface area contributed by atoms with Crippen molar-refractivity contribution in [2.45, 2.75) is 11.7 Å². The van der Waals surface area contributed by atoms with Gasteiger partial charge in [-0.3, -0.25) is 14.5 Å². The zero-order valence-electron chi connectivity index (χ0n) is 14.8. The van der Waals surface area contributed by atoms with E-state index >= 15 is 0 Å². The van der Waals surface area contributed by atoms with Gasteiger partial charge in [-0.25, -0.2) is 4.39 Å². The van der Waals surface area contributed by atoms with E-state index in [0.717, 1.165) is 17.3 Å². The molecular weight excluding hydrogens is 401 g/mol. The minimum Gasteiger partial charge on any atom is -0.354 e. The Balaban J connectivity index is 2.06. The van der Waals surface area contributed by atoms with Crippen LogP contribution in [-0.4, -0.2) is 24.1 Å². The van der Waals surface area contributed by atoms with Gasteiger partial charge in [-0.2, -0.15) is 5.26 Å². The van der Waals surface area contributed by atoms with Crippen molar-refractivity contribution in [3.63, 3.8) is 0 Å². The van der Waals surface area contributed by atoms with E-state index in [-0.39, 0.29) is 16.5 Å². The summed E-state index contributed by atoms with van der Waals surface area (Å²) in [5.74, 6) is -1.35. The van der Waals surface area contributed by atoms with Crippen LogP contribution in [0.3, 0.4) is 0 Å². The number of likely N-dealkylation sites (N-methyl/N-ethyl adjacent to an activating group) is 1. The average molecular weight is 416 g/mol. The van der Waals surface area contributed by atoms with Crippen LogP contribution >= 0.6 is 23.4 Å². The molecule has 8 heteroatoms. The number of nitrogens with one attached hydrogen (secondary N) is 1. The summed E-state index contributed by atoms with van der Waals surface area (Å²) in [7, 11) is 1.41. The highest BCUT2D eigenvalue weighted by atomic mass is 35.5. The van der Waals surface area contributed by atoms with Gasteiger partial charge in [-0.1, -0.05) is 41.6 Å². The van der Waals surface area contributed by atoms with Crippen LogP contribution in [-0.2, 0) is 16.0 Å². The first-order valence-electron chi connectivity index (χ1n) is 8.32. The van der Waals surface area contributed by atoms with Gasteiger partial charge in [0.1, 0.15) is 22.5 Å². The summed E-state index contributed by atoms with van der Waals surface area (Å²) in [6.07, 6.45) is 0.330. The van der Waals surface area contributed by atoms with E-state index in [1.54, 1.807) is 12.1 Å². The molecule has 5 nitrogen and oxygen atoms in total. The molecule has 2 aromatic carbocycles. The molecule has 0 aliphatic carbocycles. The molecule has 0 aromatic heterocycles. The van der Waals surface area contributed by atoms with Gasteiger partial charge in [0, 0.05) is 17.8 Å². The van der Waals surface area contributed by atoms with Gasteiger partial charge in [-0.15, -0.1) is 0 Å². The summed E-state index contributed by atoms with van der Waals surface area (Å²) >= 11 is 7.34. The van der Waals surface area contributed by atoms with Crippen LogP contribution in [0.15, 0.2) is 59.1 Å². The number of carbonyl (C=O) groups excluding carboxylic acids is 2. The largest absolute Gasteiger partial charge is 0.354 e. The maximum absolute atomic E-state index is 13.3. The molecule has 28 heavy (non-hydrogen) atoms. The summed E-state index contributed by atoms with van der Waals surface area (Å²) in [4.78, 5) is 26.6. The van der Waals surface area contributed by atoms with Crippen LogP contribution in [0.5, 0.6) is 0 Å². The van der Waals surface area contributed by atoms with E-state index in [2.05, 4.69) is 5.32 Å². The van der Waals surface area contributed by atoms with Crippen molar-refractivity contribution < 1.29 is 14.0 Å². The third-order valence-electron chi connectivity index (χ3n) is 4.18. The Morgan fingerprint density at radius 3 is 2.57 bits per heavy atom. The van der Waals surface area contributed by atoms with E-state index < -0.39 is 17.0 Å². The molecule has 142 valence electrons. The molecule has 1 N–H and O–H groups in total. The van der Waals surface area contributed by atoms with Crippen molar-refractivity contribution in [2.75, 3.05) is 11.9 Å². The average Bonchev–Trinajstić information content (AvgIpc) is 3.01. The first kappa shape index (κ1) is 19.9. The summed E-state index contributed by atoms with van der Waals surface area (Å²) in [5, 5.41) is 12.1. The topological polar surface area (TPSA) is 73.2 Å². The van der Waals surface area contributed by atoms with Crippen molar-refractivity contribution in [2.24, 2.45) is 0 Å². The molecule has 0 bridgehead atoms. The van der Waals surface area contributed by atoms with Crippen molar-refractivity contribution in [1.82, 2.24) is 5.32 Å². The Kier molecular flexibility index (Phi) is 6.02. The number of nitriles is 1. The van der Waals surface area contributed by atoms with Gasteiger partial charge >= 0.3 is 0 Å². The van der Waals surface area contributed by atoms with Crippen LogP contribution in [0, 0.1) is 17.1 Å². The number of hydrogen-bond acceptors (Lipinski definition) is 4. The fourth-order valence-corrected chi connectivity index (χ4v) is 4.31. The van der Waals surface area contributed by atoms with Crippen molar-refractivity contribution >= 4 is 40.9 Å². The zero-order valence-corrected chi connectivity index (χ0v) is 16.4. The molecular formula is C20H15ClFN3O2S. The van der Waals surface area contributed by atoms with Gasteiger partial charge in [0.2, 0.25) is 5.91 Å². The summed E-state index contributed by atoms with van der Waals surface area (Å²) in [5.41, 5.74) is 0.993.